The van der Waals surface area contributed by atoms with Gasteiger partial charge in [0.05, 0.1) is 17.8 Å². The summed E-state index contributed by atoms with van der Waals surface area (Å²) in [6, 6.07) is 0.0384. The fourth-order valence-electron chi connectivity index (χ4n) is 3.90. The topological polar surface area (TPSA) is 68.8 Å². The molecule has 0 radical (unpaired) electrons. The summed E-state index contributed by atoms with van der Waals surface area (Å²) >= 11 is 0. The molecule has 2 aromatic heterocycles. The van der Waals surface area contributed by atoms with Crippen molar-refractivity contribution in [3.8, 4) is 0 Å². The molecule has 0 aromatic carbocycles. The number of fused-ring (bicyclic) bond motifs is 1. The van der Waals surface area contributed by atoms with Crippen LogP contribution in [-0.4, -0.2) is 41.9 Å². The molecule has 2 aliphatic heterocycles. The monoisotopic (exact) mass is 328 g/mol. The van der Waals surface area contributed by atoms with Crippen molar-refractivity contribution in [3.63, 3.8) is 0 Å². The van der Waals surface area contributed by atoms with E-state index < -0.39 is 0 Å². The molecule has 7 heteroatoms. The summed E-state index contributed by atoms with van der Waals surface area (Å²) in [7, 11) is 1.87. The number of carbonyl (C=O) groups is 1. The first-order valence-corrected chi connectivity index (χ1v) is 8.88. The lowest BCUT2D eigenvalue weighted by molar-refractivity contribution is 0.0726. The van der Waals surface area contributed by atoms with Crippen LogP contribution in [0.5, 0.6) is 0 Å². The maximum atomic E-state index is 13.0. The van der Waals surface area contributed by atoms with Crippen molar-refractivity contribution in [2.24, 2.45) is 7.05 Å². The van der Waals surface area contributed by atoms with E-state index in [9.17, 15) is 4.79 Å². The second kappa shape index (κ2) is 6.03. The van der Waals surface area contributed by atoms with E-state index in [1.54, 1.807) is 10.9 Å². The van der Waals surface area contributed by atoms with Crippen molar-refractivity contribution in [3.05, 3.63) is 29.1 Å². The Hall–Kier alpha value is -2.18. The summed E-state index contributed by atoms with van der Waals surface area (Å²) in [6.45, 7) is 3.69. The number of carbonyl (C=O) groups excluding carboxylic acids is 1. The average Bonchev–Trinajstić information content (AvgIpc) is 3.24. The molecule has 2 aliphatic rings. The third-order valence-corrected chi connectivity index (χ3v) is 5.42. The zero-order valence-corrected chi connectivity index (χ0v) is 14.4. The summed E-state index contributed by atoms with van der Waals surface area (Å²) in [5, 5.41) is 13.1. The van der Waals surface area contributed by atoms with Gasteiger partial charge in [0.2, 0.25) is 0 Å². The minimum Gasteiger partial charge on any atom is -0.328 e. The highest BCUT2D eigenvalue weighted by atomic mass is 16.2. The van der Waals surface area contributed by atoms with Gasteiger partial charge in [0.15, 0.2) is 5.82 Å². The number of aromatic nitrogens is 5. The molecule has 128 valence electrons. The number of amides is 1. The molecule has 2 aromatic rings. The van der Waals surface area contributed by atoms with E-state index in [-0.39, 0.29) is 11.9 Å². The number of hydrogen-bond acceptors (Lipinski definition) is 4. The number of rotatable bonds is 2. The van der Waals surface area contributed by atoms with E-state index in [0.29, 0.717) is 5.56 Å². The first-order valence-electron chi connectivity index (χ1n) is 8.88. The van der Waals surface area contributed by atoms with Crippen molar-refractivity contribution in [1.29, 1.82) is 0 Å². The van der Waals surface area contributed by atoms with Crippen molar-refractivity contribution in [1.82, 2.24) is 29.4 Å². The average molecular weight is 328 g/mol. The Kier molecular flexibility index (Phi) is 3.86. The molecule has 1 saturated heterocycles. The Bertz CT molecular complexity index is 761. The lowest BCUT2D eigenvalue weighted by Gasteiger charge is -2.24. The van der Waals surface area contributed by atoms with Crippen LogP contribution in [0, 0.1) is 6.92 Å². The van der Waals surface area contributed by atoms with Crippen LogP contribution in [0.3, 0.4) is 0 Å². The third-order valence-electron chi connectivity index (χ3n) is 5.42. The molecule has 4 heterocycles. The number of likely N-dealkylation sites (tertiary alicyclic amines) is 1. The van der Waals surface area contributed by atoms with Gasteiger partial charge in [-0.05, 0) is 32.6 Å². The van der Waals surface area contributed by atoms with Gasteiger partial charge in [-0.3, -0.25) is 9.48 Å². The molecular weight excluding hydrogens is 304 g/mol. The molecule has 0 spiro atoms. The Balaban J connectivity index is 1.65. The minimum atomic E-state index is 0.0384. The van der Waals surface area contributed by atoms with Crippen LogP contribution < -0.4 is 0 Å². The molecule has 24 heavy (non-hydrogen) atoms. The Morgan fingerprint density at radius 2 is 2.04 bits per heavy atom. The van der Waals surface area contributed by atoms with Gasteiger partial charge >= 0.3 is 0 Å². The first-order chi connectivity index (χ1) is 11.7. The maximum Gasteiger partial charge on any atom is 0.257 e. The largest absolute Gasteiger partial charge is 0.328 e. The zero-order chi connectivity index (χ0) is 16.7. The molecule has 0 saturated carbocycles. The van der Waals surface area contributed by atoms with Gasteiger partial charge in [0.25, 0.3) is 5.91 Å². The van der Waals surface area contributed by atoms with Gasteiger partial charge in [-0.2, -0.15) is 5.10 Å². The smallest absolute Gasteiger partial charge is 0.257 e. The predicted octanol–water partition coefficient (Wildman–Crippen LogP) is 2.02. The quantitative estimate of drug-likeness (QED) is 0.846. The highest BCUT2D eigenvalue weighted by Gasteiger charge is 2.35. The van der Waals surface area contributed by atoms with Crippen LogP contribution >= 0.6 is 0 Å². The second-order valence-corrected chi connectivity index (χ2v) is 6.86. The van der Waals surface area contributed by atoms with Crippen molar-refractivity contribution < 1.29 is 4.79 Å². The van der Waals surface area contributed by atoms with Crippen LogP contribution in [0.25, 0.3) is 0 Å². The van der Waals surface area contributed by atoms with Gasteiger partial charge in [-0.1, -0.05) is 6.42 Å². The van der Waals surface area contributed by atoms with Gasteiger partial charge in [0.1, 0.15) is 5.82 Å². The molecule has 1 atom stereocenters. The minimum absolute atomic E-state index is 0.0384. The summed E-state index contributed by atoms with van der Waals surface area (Å²) in [5.41, 5.74) is 1.60. The lowest BCUT2D eigenvalue weighted by Crippen LogP contribution is -2.32. The number of aryl methyl sites for hydroxylation is 2. The first kappa shape index (κ1) is 15.4. The highest BCUT2D eigenvalue weighted by Crippen LogP contribution is 2.33. The molecule has 0 N–H and O–H groups in total. The van der Waals surface area contributed by atoms with E-state index in [2.05, 4.69) is 19.9 Å². The summed E-state index contributed by atoms with van der Waals surface area (Å²) < 4.78 is 4.01. The number of hydrogen-bond donors (Lipinski definition) is 0. The SMILES string of the molecule is Cc1c(C(=O)N2CCC[C@@H]2c2nnc3n2CCCCC3)cnn1C. The van der Waals surface area contributed by atoms with Gasteiger partial charge < -0.3 is 9.47 Å². The molecular formula is C17H24N6O. The van der Waals surface area contributed by atoms with Crippen molar-refractivity contribution in [2.45, 2.75) is 58.0 Å². The fourth-order valence-corrected chi connectivity index (χ4v) is 3.90. The van der Waals surface area contributed by atoms with E-state index >= 15 is 0 Å². The standard InChI is InChI=1S/C17H24N6O/c1-12-13(11-18-21(12)2)17(24)22-10-6-7-14(22)16-20-19-15-8-4-3-5-9-23(15)16/h11,14H,3-10H2,1-2H3/t14-/m1/s1. The van der Waals surface area contributed by atoms with Crippen molar-refractivity contribution >= 4 is 5.91 Å². The Morgan fingerprint density at radius 1 is 1.17 bits per heavy atom. The van der Waals surface area contributed by atoms with E-state index in [0.717, 1.165) is 49.7 Å². The van der Waals surface area contributed by atoms with Crippen molar-refractivity contribution in [2.75, 3.05) is 6.54 Å². The Labute approximate surface area is 141 Å². The maximum absolute atomic E-state index is 13.0. The lowest BCUT2D eigenvalue weighted by atomic mass is 10.1. The van der Waals surface area contributed by atoms with Crippen LogP contribution in [0.15, 0.2) is 6.20 Å². The van der Waals surface area contributed by atoms with Gasteiger partial charge in [-0.25, -0.2) is 0 Å². The van der Waals surface area contributed by atoms with E-state index in [4.69, 9.17) is 0 Å². The molecule has 4 rings (SSSR count). The van der Waals surface area contributed by atoms with Crippen LogP contribution in [0.2, 0.25) is 0 Å². The Morgan fingerprint density at radius 3 is 2.83 bits per heavy atom. The van der Waals surface area contributed by atoms with Gasteiger partial charge in [0, 0.05) is 32.3 Å². The normalized spacial score (nSPS) is 20.9. The van der Waals surface area contributed by atoms with E-state index in [1.807, 2.05) is 18.9 Å². The molecule has 0 aliphatic carbocycles. The zero-order valence-electron chi connectivity index (χ0n) is 14.4. The van der Waals surface area contributed by atoms with Gasteiger partial charge in [-0.15, -0.1) is 10.2 Å². The second-order valence-electron chi connectivity index (χ2n) is 6.86. The summed E-state index contributed by atoms with van der Waals surface area (Å²) in [4.78, 5) is 15.0. The molecule has 7 nitrogen and oxygen atoms in total. The van der Waals surface area contributed by atoms with E-state index in [1.165, 1.54) is 19.3 Å². The fraction of sp³-hybridized carbons (Fsp3) is 0.647. The van der Waals surface area contributed by atoms with Crippen LogP contribution in [-0.2, 0) is 20.0 Å². The predicted molar refractivity (Wildman–Crippen MR) is 88.5 cm³/mol. The molecule has 1 fully saturated rings. The molecule has 0 unspecified atom stereocenters. The number of nitrogens with zero attached hydrogens (tertiary/aromatic N) is 6. The molecule has 1 amide bonds. The van der Waals surface area contributed by atoms with Crippen LogP contribution in [0.1, 0.15) is 65.8 Å². The summed E-state index contributed by atoms with van der Waals surface area (Å²) in [5.74, 6) is 2.12. The third kappa shape index (κ3) is 2.42. The highest BCUT2D eigenvalue weighted by molar-refractivity contribution is 5.95. The molecule has 0 bridgehead atoms. The van der Waals surface area contributed by atoms with Crippen LogP contribution in [0.4, 0.5) is 0 Å². The summed E-state index contributed by atoms with van der Waals surface area (Å²) in [6.07, 6.45) is 8.24.